The van der Waals surface area contributed by atoms with Crippen molar-refractivity contribution in [3.8, 4) is 11.1 Å². The van der Waals surface area contributed by atoms with Crippen LogP contribution in [-0.2, 0) is 9.53 Å². The van der Waals surface area contributed by atoms with Crippen molar-refractivity contribution >= 4 is 11.6 Å². The Balaban J connectivity index is 1.64. The summed E-state index contributed by atoms with van der Waals surface area (Å²) >= 11 is 0. The first kappa shape index (κ1) is 17.5. The average molecular weight is 339 g/mol. The largest absolute Gasteiger partial charge is 0.383 e. The van der Waals surface area contributed by atoms with E-state index in [0.717, 1.165) is 13.1 Å². The van der Waals surface area contributed by atoms with E-state index in [-0.39, 0.29) is 12.5 Å². The Morgan fingerprint density at radius 2 is 1.72 bits per heavy atom. The highest BCUT2D eigenvalue weighted by Crippen LogP contribution is 2.25. The van der Waals surface area contributed by atoms with Crippen molar-refractivity contribution in [3.05, 3.63) is 54.6 Å². The van der Waals surface area contributed by atoms with Crippen molar-refractivity contribution in [3.63, 3.8) is 0 Å². The third kappa shape index (κ3) is 4.18. The standard InChI is InChI=1S/C20H25N3O2/c1-25-15-19(21)20(24)23-12-10-22(11-13-23)18-9-5-8-17(14-18)16-6-3-2-4-7-16/h2-9,14,19H,10-13,15,21H2,1H3/t19-/m1/s1. The zero-order valence-corrected chi connectivity index (χ0v) is 14.6. The van der Waals surface area contributed by atoms with E-state index in [1.54, 1.807) is 7.11 Å². The van der Waals surface area contributed by atoms with Gasteiger partial charge in [-0.05, 0) is 23.3 Å². The maximum Gasteiger partial charge on any atom is 0.241 e. The fourth-order valence-electron chi connectivity index (χ4n) is 3.18. The Morgan fingerprint density at radius 3 is 2.40 bits per heavy atom. The van der Waals surface area contributed by atoms with Gasteiger partial charge in [0.25, 0.3) is 0 Å². The molecule has 0 unspecified atom stereocenters. The minimum Gasteiger partial charge on any atom is -0.383 e. The molecule has 2 aromatic rings. The Bertz CT molecular complexity index is 697. The van der Waals surface area contributed by atoms with Gasteiger partial charge in [-0.1, -0.05) is 42.5 Å². The zero-order chi connectivity index (χ0) is 17.6. The second kappa shape index (κ2) is 8.14. The van der Waals surface area contributed by atoms with Crippen molar-refractivity contribution in [2.45, 2.75) is 6.04 Å². The first-order valence-electron chi connectivity index (χ1n) is 8.63. The van der Waals surface area contributed by atoms with Gasteiger partial charge < -0.3 is 20.3 Å². The van der Waals surface area contributed by atoms with Gasteiger partial charge >= 0.3 is 0 Å². The third-order valence-electron chi connectivity index (χ3n) is 4.57. The van der Waals surface area contributed by atoms with Crippen LogP contribution < -0.4 is 10.6 Å². The number of benzene rings is 2. The lowest BCUT2D eigenvalue weighted by atomic mass is 10.0. The summed E-state index contributed by atoms with van der Waals surface area (Å²) in [7, 11) is 1.56. The van der Waals surface area contributed by atoms with E-state index in [1.807, 2.05) is 11.0 Å². The van der Waals surface area contributed by atoms with Crippen LogP contribution in [0.15, 0.2) is 54.6 Å². The third-order valence-corrected chi connectivity index (χ3v) is 4.57. The molecule has 1 fully saturated rings. The number of piperazine rings is 1. The van der Waals surface area contributed by atoms with Gasteiger partial charge in [0, 0.05) is 39.0 Å². The van der Waals surface area contributed by atoms with Gasteiger partial charge in [0.15, 0.2) is 0 Å². The number of nitrogens with two attached hydrogens (primary N) is 1. The van der Waals surface area contributed by atoms with E-state index in [9.17, 15) is 4.79 Å². The molecule has 1 aliphatic rings. The number of anilines is 1. The smallest absolute Gasteiger partial charge is 0.241 e. The number of carbonyl (C=O) groups is 1. The van der Waals surface area contributed by atoms with Gasteiger partial charge in [-0.15, -0.1) is 0 Å². The second-order valence-corrected chi connectivity index (χ2v) is 6.29. The lowest BCUT2D eigenvalue weighted by Gasteiger charge is -2.37. The highest BCUT2D eigenvalue weighted by atomic mass is 16.5. The summed E-state index contributed by atoms with van der Waals surface area (Å²) in [5.41, 5.74) is 9.47. The average Bonchev–Trinajstić information content (AvgIpc) is 2.68. The van der Waals surface area contributed by atoms with Crippen molar-refractivity contribution in [2.75, 3.05) is 44.8 Å². The maximum atomic E-state index is 12.3. The second-order valence-electron chi connectivity index (χ2n) is 6.29. The summed E-state index contributed by atoms with van der Waals surface area (Å²) in [4.78, 5) is 16.4. The minimum absolute atomic E-state index is 0.0282. The number of methoxy groups -OCH3 is 1. The van der Waals surface area contributed by atoms with E-state index in [0.29, 0.717) is 13.1 Å². The van der Waals surface area contributed by atoms with Crippen LogP contribution in [0.5, 0.6) is 0 Å². The Hall–Kier alpha value is -2.37. The molecule has 132 valence electrons. The van der Waals surface area contributed by atoms with Crippen LogP contribution in [-0.4, -0.2) is 56.7 Å². The van der Waals surface area contributed by atoms with Crippen LogP contribution >= 0.6 is 0 Å². The van der Waals surface area contributed by atoms with Crippen LogP contribution in [0.4, 0.5) is 5.69 Å². The molecule has 1 amide bonds. The molecule has 5 heteroatoms. The quantitative estimate of drug-likeness (QED) is 0.905. The molecular weight excluding hydrogens is 314 g/mol. The monoisotopic (exact) mass is 339 g/mol. The van der Waals surface area contributed by atoms with E-state index < -0.39 is 6.04 Å². The Morgan fingerprint density at radius 1 is 1.04 bits per heavy atom. The number of nitrogens with zero attached hydrogens (tertiary/aromatic N) is 2. The van der Waals surface area contributed by atoms with Crippen molar-refractivity contribution < 1.29 is 9.53 Å². The molecule has 0 aliphatic carbocycles. The summed E-state index contributed by atoms with van der Waals surface area (Å²) < 4.78 is 4.98. The predicted octanol–water partition coefficient (Wildman–Crippen LogP) is 1.98. The molecule has 5 nitrogen and oxygen atoms in total. The highest BCUT2D eigenvalue weighted by Gasteiger charge is 2.25. The fourth-order valence-corrected chi connectivity index (χ4v) is 3.18. The van der Waals surface area contributed by atoms with Crippen molar-refractivity contribution in [1.82, 2.24) is 4.90 Å². The molecule has 1 saturated heterocycles. The normalized spacial score (nSPS) is 15.9. The van der Waals surface area contributed by atoms with E-state index >= 15 is 0 Å². The van der Waals surface area contributed by atoms with Gasteiger partial charge in [0.1, 0.15) is 6.04 Å². The van der Waals surface area contributed by atoms with E-state index in [2.05, 4.69) is 53.4 Å². The highest BCUT2D eigenvalue weighted by molar-refractivity contribution is 5.82. The SMILES string of the molecule is COC[C@@H](N)C(=O)N1CCN(c2cccc(-c3ccccc3)c2)CC1. The molecule has 1 heterocycles. The van der Waals surface area contributed by atoms with E-state index in [4.69, 9.17) is 10.5 Å². The topological polar surface area (TPSA) is 58.8 Å². The summed E-state index contributed by atoms with van der Waals surface area (Å²) in [6.07, 6.45) is 0. The number of hydrogen-bond donors (Lipinski definition) is 1. The lowest BCUT2D eigenvalue weighted by Crippen LogP contribution is -2.54. The minimum atomic E-state index is -0.571. The number of ether oxygens (including phenoxy) is 1. The van der Waals surface area contributed by atoms with Gasteiger partial charge in [0.05, 0.1) is 6.61 Å². The molecule has 0 radical (unpaired) electrons. The molecule has 2 N–H and O–H groups in total. The molecule has 0 spiro atoms. The summed E-state index contributed by atoms with van der Waals surface area (Å²) in [6.45, 7) is 3.25. The first-order chi connectivity index (χ1) is 12.2. The number of rotatable bonds is 5. The zero-order valence-electron chi connectivity index (χ0n) is 14.6. The summed E-state index contributed by atoms with van der Waals surface area (Å²) in [6, 6.07) is 18.3. The summed E-state index contributed by atoms with van der Waals surface area (Å²) in [5, 5.41) is 0. The molecular formula is C20H25N3O2. The number of amides is 1. The van der Waals surface area contributed by atoms with Crippen LogP contribution in [0.3, 0.4) is 0 Å². The Kier molecular flexibility index (Phi) is 5.68. The van der Waals surface area contributed by atoms with Gasteiger partial charge in [0.2, 0.25) is 5.91 Å². The van der Waals surface area contributed by atoms with Gasteiger partial charge in [-0.3, -0.25) is 4.79 Å². The van der Waals surface area contributed by atoms with Crippen LogP contribution in [0, 0.1) is 0 Å². The summed E-state index contributed by atoms with van der Waals surface area (Å²) in [5.74, 6) is -0.0282. The van der Waals surface area contributed by atoms with Crippen molar-refractivity contribution in [1.29, 1.82) is 0 Å². The fraction of sp³-hybridized carbons (Fsp3) is 0.350. The van der Waals surface area contributed by atoms with Crippen LogP contribution in [0.25, 0.3) is 11.1 Å². The van der Waals surface area contributed by atoms with Gasteiger partial charge in [-0.2, -0.15) is 0 Å². The number of hydrogen-bond acceptors (Lipinski definition) is 4. The number of carbonyl (C=O) groups excluding carboxylic acids is 1. The lowest BCUT2D eigenvalue weighted by molar-refractivity contribution is -0.134. The molecule has 0 saturated carbocycles. The predicted molar refractivity (Wildman–Crippen MR) is 101 cm³/mol. The van der Waals surface area contributed by atoms with Crippen LogP contribution in [0.2, 0.25) is 0 Å². The maximum absolute atomic E-state index is 12.3. The van der Waals surface area contributed by atoms with Crippen molar-refractivity contribution in [2.24, 2.45) is 5.73 Å². The molecule has 0 bridgehead atoms. The first-order valence-corrected chi connectivity index (χ1v) is 8.63. The molecule has 1 atom stereocenters. The molecule has 3 rings (SSSR count). The van der Waals surface area contributed by atoms with Gasteiger partial charge in [-0.25, -0.2) is 0 Å². The van der Waals surface area contributed by atoms with Crippen LogP contribution in [0.1, 0.15) is 0 Å². The van der Waals surface area contributed by atoms with E-state index in [1.165, 1.54) is 16.8 Å². The molecule has 0 aromatic heterocycles. The molecule has 1 aliphatic heterocycles. The molecule has 2 aromatic carbocycles. The Labute approximate surface area is 149 Å². The molecule has 25 heavy (non-hydrogen) atoms.